The van der Waals surface area contributed by atoms with Crippen LogP contribution < -0.4 is 5.32 Å². The van der Waals surface area contributed by atoms with E-state index in [0.717, 1.165) is 18.9 Å². The molecule has 90 valence electrons. The molecule has 0 aromatic carbocycles. The van der Waals surface area contributed by atoms with E-state index in [9.17, 15) is 0 Å². The molecule has 0 saturated heterocycles. The predicted molar refractivity (Wildman–Crippen MR) is 70.0 cm³/mol. The van der Waals surface area contributed by atoms with E-state index in [1.807, 2.05) is 17.5 Å². The molecule has 1 aromatic rings. The van der Waals surface area contributed by atoms with Crippen LogP contribution in [0, 0.1) is 12.8 Å². The minimum atomic E-state index is 0.937. The molecule has 0 bridgehead atoms. The molecule has 2 nitrogen and oxygen atoms in total. The monoisotopic (exact) mass is 238 g/mol. The predicted octanol–water partition coefficient (Wildman–Crippen LogP) is 3.16. The molecule has 1 aliphatic rings. The number of hydrogen-bond donors (Lipinski definition) is 1. The van der Waals surface area contributed by atoms with Crippen LogP contribution in [0.1, 0.15) is 42.0 Å². The van der Waals surface area contributed by atoms with Crippen LogP contribution in [0.3, 0.4) is 0 Å². The van der Waals surface area contributed by atoms with Crippen LogP contribution in [0.4, 0.5) is 0 Å². The van der Waals surface area contributed by atoms with Crippen molar-refractivity contribution in [1.29, 1.82) is 0 Å². The molecular formula is C13H22N2S. The van der Waals surface area contributed by atoms with Crippen LogP contribution in [0.2, 0.25) is 0 Å². The maximum absolute atomic E-state index is 4.38. The van der Waals surface area contributed by atoms with Crippen LogP contribution >= 0.6 is 11.3 Å². The smallest absolute Gasteiger partial charge is 0.0940 e. The molecular weight excluding hydrogens is 216 g/mol. The molecule has 0 unspecified atom stereocenters. The Bertz CT molecular complexity index is 303. The number of nitrogens with zero attached hydrogens (tertiary/aromatic N) is 1. The Labute approximate surface area is 102 Å². The normalized spacial score (nSPS) is 17.8. The molecule has 1 fully saturated rings. The van der Waals surface area contributed by atoms with Gasteiger partial charge in [0.15, 0.2) is 0 Å². The summed E-state index contributed by atoms with van der Waals surface area (Å²) in [6.07, 6.45) is 10.3. The fourth-order valence-electron chi connectivity index (χ4n) is 2.41. The third kappa shape index (κ3) is 3.87. The Kier molecular flexibility index (Phi) is 4.79. The highest BCUT2D eigenvalue weighted by atomic mass is 32.1. The summed E-state index contributed by atoms with van der Waals surface area (Å²) in [7, 11) is 0. The topological polar surface area (TPSA) is 24.9 Å². The number of aromatic nitrogens is 1. The Hall–Kier alpha value is -0.410. The van der Waals surface area contributed by atoms with Gasteiger partial charge in [0.2, 0.25) is 0 Å². The number of thiazole rings is 1. The average molecular weight is 238 g/mol. The molecule has 0 aliphatic heterocycles. The molecule has 16 heavy (non-hydrogen) atoms. The fraction of sp³-hybridized carbons (Fsp3) is 0.769. The second-order valence-electron chi connectivity index (χ2n) is 4.82. The minimum Gasteiger partial charge on any atom is -0.316 e. The maximum Gasteiger partial charge on any atom is 0.0940 e. The van der Waals surface area contributed by atoms with Gasteiger partial charge in [0.1, 0.15) is 0 Å². The highest BCUT2D eigenvalue weighted by Crippen LogP contribution is 2.22. The third-order valence-electron chi connectivity index (χ3n) is 3.34. The summed E-state index contributed by atoms with van der Waals surface area (Å²) in [4.78, 5) is 5.70. The lowest BCUT2D eigenvalue weighted by Crippen LogP contribution is -2.26. The Morgan fingerprint density at radius 2 is 2.19 bits per heavy atom. The van der Waals surface area contributed by atoms with Gasteiger partial charge in [-0.05, 0) is 32.2 Å². The van der Waals surface area contributed by atoms with Gasteiger partial charge in [-0.2, -0.15) is 0 Å². The highest BCUT2D eigenvalue weighted by molar-refractivity contribution is 7.11. The molecule has 0 spiro atoms. The van der Waals surface area contributed by atoms with Crippen molar-refractivity contribution < 1.29 is 0 Å². The quantitative estimate of drug-likeness (QED) is 0.797. The summed E-state index contributed by atoms with van der Waals surface area (Å²) in [6.45, 7) is 4.42. The summed E-state index contributed by atoms with van der Waals surface area (Å²) in [5.74, 6) is 0.937. The van der Waals surface area contributed by atoms with Crippen LogP contribution in [0.15, 0.2) is 6.20 Å². The molecule has 1 heterocycles. The molecule has 3 heteroatoms. The number of aryl methyl sites for hydroxylation is 1. The minimum absolute atomic E-state index is 0.937. The van der Waals surface area contributed by atoms with Crippen molar-refractivity contribution in [3.05, 3.63) is 16.1 Å². The second kappa shape index (κ2) is 6.36. The van der Waals surface area contributed by atoms with Crippen molar-refractivity contribution in [3.8, 4) is 0 Å². The van der Waals surface area contributed by atoms with Gasteiger partial charge in [0.05, 0.1) is 5.01 Å². The van der Waals surface area contributed by atoms with E-state index < -0.39 is 0 Å². The number of rotatable bonds is 5. The van der Waals surface area contributed by atoms with Crippen molar-refractivity contribution in [2.45, 2.75) is 45.4 Å². The Morgan fingerprint density at radius 3 is 2.88 bits per heavy atom. The third-order valence-corrected chi connectivity index (χ3v) is 4.32. The van der Waals surface area contributed by atoms with E-state index in [1.54, 1.807) is 0 Å². The van der Waals surface area contributed by atoms with Gasteiger partial charge in [-0.15, -0.1) is 11.3 Å². The Morgan fingerprint density at radius 1 is 1.38 bits per heavy atom. The van der Waals surface area contributed by atoms with Crippen LogP contribution in [0.5, 0.6) is 0 Å². The first-order valence-electron chi connectivity index (χ1n) is 6.46. The fourth-order valence-corrected chi connectivity index (χ4v) is 3.20. The largest absolute Gasteiger partial charge is 0.316 e. The van der Waals surface area contributed by atoms with Crippen molar-refractivity contribution in [1.82, 2.24) is 10.3 Å². The molecule has 1 saturated carbocycles. The summed E-state index contributed by atoms with van der Waals surface area (Å²) in [5, 5.41) is 4.85. The van der Waals surface area contributed by atoms with Gasteiger partial charge < -0.3 is 5.32 Å². The van der Waals surface area contributed by atoms with Crippen LogP contribution in [-0.2, 0) is 6.42 Å². The zero-order valence-electron chi connectivity index (χ0n) is 10.2. The van der Waals surface area contributed by atoms with Gasteiger partial charge in [0.25, 0.3) is 0 Å². The van der Waals surface area contributed by atoms with E-state index in [0.29, 0.717) is 0 Å². The summed E-state index contributed by atoms with van der Waals surface area (Å²) < 4.78 is 0. The molecule has 2 rings (SSSR count). The molecule has 0 amide bonds. The highest BCUT2D eigenvalue weighted by Gasteiger charge is 2.12. The maximum atomic E-state index is 4.38. The average Bonchev–Trinajstić information content (AvgIpc) is 2.72. The van der Waals surface area contributed by atoms with E-state index >= 15 is 0 Å². The van der Waals surface area contributed by atoms with E-state index in [4.69, 9.17) is 0 Å². The van der Waals surface area contributed by atoms with Crippen LogP contribution in [0.25, 0.3) is 0 Å². The van der Waals surface area contributed by atoms with E-state index in [2.05, 4.69) is 17.2 Å². The molecule has 1 aromatic heterocycles. The Balaban J connectivity index is 1.57. The first-order chi connectivity index (χ1) is 7.84. The second-order valence-corrected chi connectivity index (χ2v) is 6.14. The van der Waals surface area contributed by atoms with Crippen molar-refractivity contribution in [2.75, 3.05) is 13.1 Å². The lowest BCUT2D eigenvalue weighted by molar-refractivity contribution is 0.343. The van der Waals surface area contributed by atoms with Crippen molar-refractivity contribution in [2.24, 2.45) is 5.92 Å². The van der Waals surface area contributed by atoms with Crippen molar-refractivity contribution >= 4 is 11.3 Å². The van der Waals surface area contributed by atoms with Crippen molar-refractivity contribution in [3.63, 3.8) is 0 Å². The van der Waals surface area contributed by atoms with Gasteiger partial charge >= 0.3 is 0 Å². The summed E-state index contributed by atoms with van der Waals surface area (Å²) >= 11 is 1.82. The lowest BCUT2D eigenvalue weighted by Gasteiger charge is -2.21. The standard InChI is InChI=1S/C13H22N2S/c1-11-9-15-13(16-11)7-8-14-10-12-5-3-2-4-6-12/h9,12,14H,2-8,10H2,1H3. The summed E-state index contributed by atoms with van der Waals surface area (Å²) in [6, 6.07) is 0. The summed E-state index contributed by atoms with van der Waals surface area (Å²) in [5.41, 5.74) is 0. The zero-order chi connectivity index (χ0) is 11.2. The van der Waals surface area contributed by atoms with Gasteiger partial charge in [-0.25, -0.2) is 4.98 Å². The number of hydrogen-bond acceptors (Lipinski definition) is 3. The number of nitrogens with one attached hydrogen (secondary N) is 1. The van der Waals surface area contributed by atoms with Gasteiger partial charge in [-0.3, -0.25) is 0 Å². The zero-order valence-corrected chi connectivity index (χ0v) is 11.0. The first-order valence-corrected chi connectivity index (χ1v) is 7.28. The van der Waals surface area contributed by atoms with E-state index in [-0.39, 0.29) is 0 Å². The SMILES string of the molecule is Cc1cnc(CCNCC2CCCCC2)s1. The van der Waals surface area contributed by atoms with Crippen LogP contribution in [-0.4, -0.2) is 18.1 Å². The molecule has 0 atom stereocenters. The molecule has 1 aliphatic carbocycles. The lowest BCUT2D eigenvalue weighted by atomic mass is 9.89. The molecule has 1 N–H and O–H groups in total. The van der Waals surface area contributed by atoms with Gasteiger partial charge in [0, 0.05) is 24.0 Å². The molecule has 0 radical (unpaired) electrons. The van der Waals surface area contributed by atoms with E-state index in [1.165, 1.54) is 48.5 Å². The van der Waals surface area contributed by atoms with Gasteiger partial charge in [-0.1, -0.05) is 19.3 Å². The first kappa shape index (κ1) is 12.1.